The molecule has 0 aliphatic heterocycles. The zero-order chi connectivity index (χ0) is 19.9. The van der Waals surface area contributed by atoms with Crippen molar-refractivity contribution in [2.45, 2.75) is 12.0 Å². The van der Waals surface area contributed by atoms with Crippen LogP contribution < -0.4 is 5.32 Å². The summed E-state index contributed by atoms with van der Waals surface area (Å²) in [5.74, 6) is -0.0206. The minimum absolute atomic E-state index is 0.0206. The molecule has 1 N–H and O–H groups in total. The molecule has 0 saturated heterocycles. The average Bonchev–Trinajstić information content (AvgIpc) is 2.80. The van der Waals surface area contributed by atoms with Crippen molar-refractivity contribution in [3.63, 3.8) is 0 Å². The Bertz CT molecular complexity index is 948. The Labute approximate surface area is 171 Å². The Morgan fingerprint density at radius 3 is 1.28 bits per heavy atom. The van der Waals surface area contributed by atoms with Crippen LogP contribution in [0.25, 0.3) is 0 Å². The molecule has 142 valence electrons. The fourth-order valence-electron chi connectivity index (χ4n) is 3.82. The first kappa shape index (κ1) is 18.7. The van der Waals surface area contributed by atoms with E-state index in [-0.39, 0.29) is 5.91 Å². The Morgan fingerprint density at radius 1 is 0.552 bits per heavy atom. The van der Waals surface area contributed by atoms with Crippen molar-refractivity contribution >= 4 is 5.91 Å². The second kappa shape index (κ2) is 8.57. The highest BCUT2D eigenvalue weighted by Crippen LogP contribution is 2.36. The van der Waals surface area contributed by atoms with E-state index in [1.807, 2.05) is 84.9 Å². The summed E-state index contributed by atoms with van der Waals surface area (Å²) in [4.78, 5) is 13.2. The molecular weight excluding hydrogens is 354 g/mol. The molecule has 0 aliphatic rings. The van der Waals surface area contributed by atoms with E-state index in [4.69, 9.17) is 0 Å². The molecule has 0 radical (unpaired) electrons. The van der Waals surface area contributed by atoms with Crippen LogP contribution in [0.15, 0.2) is 121 Å². The van der Waals surface area contributed by atoms with Gasteiger partial charge in [0.2, 0.25) is 5.91 Å². The van der Waals surface area contributed by atoms with Crippen molar-refractivity contribution in [3.8, 4) is 0 Å². The number of rotatable bonds is 6. The molecule has 29 heavy (non-hydrogen) atoms. The number of hydrogen-bond donors (Lipinski definition) is 1. The van der Waals surface area contributed by atoms with Gasteiger partial charge in [0.1, 0.15) is 5.54 Å². The van der Waals surface area contributed by atoms with E-state index in [2.05, 4.69) is 41.7 Å². The first-order valence-corrected chi connectivity index (χ1v) is 9.80. The van der Waals surface area contributed by atoms with E-state index in [0.717, 1.165) is 22.3 Å². The van der Waals surface area contributed by atoms with Crippen molar-refractivity contribution in [1.29, 1.82) is 0 Å². The van der Waals surface area contributed by atoms with Crippen molar-refractivity contribution in [2.24, 2.45) is 0 Å². The predicted molar refractivity (Wildman–Crippen MR) is 117 cm³/mol. The zero-order valence-corrected chi connectivity index (χ0v) is 16.2. The summed E-state index contributed by atoms with van der Waals surface area (Å²) in [7, 11) is 0. The third-order valence-corrected chi connectivity index (χ3v) is 5.15. The lowest BCUT2D eigenvalue weighted by atomic mass is 9.77. The molecule has 0 unspecified atom stereocenters. The normalized spacial score (nSPS) is 11.0. The molecule has 2 heteroatoms. The molecule has 0 saturated carbocycles. The van der Waals surface area contributed by atoms with Crippen molar-refractivity contribution in [1.82, 2.24) is 5.32 Å². The SMILES string of the molecule is O=C(Cc1ccccc1)NC(c1ccccc1)(c1ccccc1)c1ccccc1. The van der Waals surface area contributed by atoms with Crippen molar-refractivity contribution < 1.29 is 4.79 Å². The first-order chi connectivity index (χ1) is 14.3. The molecule has 0 spiro atoms. The summed E-state index contributed by atoms with van der Waals surface area (Å²) in [5, 5.41) is 3.39. The van der Waals surface area contributed by atoms with E-state index in [9.17, 15) is 4.79 Å². The maximum absolute atomic E-state index is 13.2. The third kappa shape index (κ3) is 3.97. The van der Waals surface area contributed by atoms with Gasteiger partial charge in [-0.05, 0) is 22.3 Å². The molecule has 4 aromatic rings. The molecule has 0 heterocycles. The van der Waals surface area contributed by atoms with Gasteiger partial charge in [0, 0.05) is 0 Å². The van der Waals surface area contributed by atoms with Crippen LogP contribution >= 0.6 is 0 Å². The molecule has 2 nitrogen and oxygen atoms in total. The number of benzene rings is 4. The van der Waals surface area contributed by atoms with Crippen LogP contribution in [0.1, 0.15) is 22.3 Å². The van der Waals surface area contributed by atoms with Crippen LogP contribution in [0.2, 0.25) is 0 Å². The summed E-state index contributed by atoms with van der Waals surface area (Å²) in [5.41, 5.74) is 3.31. The third-order valence-electron chi connectivity index (χ3n) is 5.15. The standard InChI is InChI=1S/C27H23NO/c29-26(21-22-13-5-1-6-14-22)28-27(23-15-7-2-8-16-23,24-17-9-3-10-18-24)25-19-11-4-12-20-25/h1-20H,21H2,(H,28,29). The van der Waals surface area contributed by atoms with E-state index >= 15 is 0 Å². The molecule has 4 rings (SSSR count). The minimum Gasteiger partial charge on any atom is -0.338 e. The summed E-state index contributed by atoms with van der Waals surface area (Å²) in [6, 6.07) is 40.3. The quantitative estimate of drug-likeness (QED) is 0.452. The first-order valence-electron chi connectivity index (χ1n) is 9.80. The summed E-state index contributed by atoms with van der Waals surface area (Å²) in [6.45, 7) is 0. The highest BCUT2D eigenvalue weighted by atomic mass is 16.1. The lowest BCUT2D eigenvalue weighted by Crippen LogP contribution is -2.48. The van der Waals surface area contributed by atoms with Crippen LogP contribution in [-0.2, 0) is 16.8 Å². The van der Waals surface area contributed by atoms with E-state index in [0.29, 0.717) is 6.42 Å². The van der Waals surface area contributed by atoms with Gasteiger partial charge in [-0.25, -0.2) is 0 Å². The van der Waals surface area contributed by atoms with Gasteiger partial charge in [-0.2, -0.15) is 0 Å². The molecule has 0 aromatic heterocycles. The van der Waals surface area contributed by atoms with Gasteiger partial charge in [0.25, 0.3) is 0 Å². The predicted octanol–water partition coefficient (Wildman–Crippen LogP) is 5.34. The highest BCUT2D eigenvalue weighted by Gasteiger charge is 2.37. The van der Waals surface area contributed by atoms with Crippen LogP contribution in [0.5, 0.6) is 0 Å². The van der Waals surface area contributed by atoms with Crippen LogP contribution in [-0.4, -0.2) is 5.91 Å². The van der Waals surface area contributed by atoms with Gasteiger partial charge >= 0.3 is 0 Å². The summed E-state index contributed by atoms with van der Waals surface area (Å²) < 4.78 is 0. The Hall–Kier alpha value is -3.65. The van der Waals surface area contributed by atoms with Gasteiger partial charge in [-0.3, -0.25) is 4.79 Å². The topological polar surface area (TPSA) is 29.1 Å². The van der Waals surface area contributed by atoms with E-state index in [1.165, 1.54) is 0 Å². The number of hydrogen-bond acceptors (Lipinski definition) is 1. The molecule has 4 aromatic carbocycles. The van der Waals surface area contributed by atoms with Gasteiger partial charge < -0.3 is 5.32 Å². The van der Waals surface area contributed by atoms with Crippen LogP contribution in [0.4, 0.5) is 0 Å². The van der Waals surface area contributed by atoms with Crippen LogP contribution in [0.3, 0.4) is 0 Å². The van der Waals surface area contributed by atoms with Gasteiger partial charge in [0.15, 0.2) is 0 Å². The molecule has 0 aliphatic carbocycles. The Kier molecular flexibility index (Phi) is 5.53. The zero-order valence-electron chi connectivity index (χ0n) is 16.2. The monoisotopic (exact) mass is 377 g/mol. The summed E-state index contributed by atoms with van der Waals surface area (Å²) in [6.07, 6.45) is 0.328. The minimum atomic E-state index is -0.768. The Balaban J connectivity index is 1.85. The Morgan fingerprint density at radius 2 is 0.897 bits per heavy atom. The fraction of sp³-hybridized carbons (Fsp3) is 0.0741. The molecule has 0 fully saturated rings. The largest absolute Gasteiger partial charge is 0.338 e. The lowest BCUT2D eigenvalue weighted by Gasteiger charge is -2.37. The maximum Gasteiger partial charge on any atom is 0.225 e. The lowest BCUT2D eigenvalue weighted by molar-refractivity contribution is -0.121. The molecule has 0 atom stereocenters. The van der Waals surface area contributed by atoms with Gasteiger partial charge in [-0.15, -0.1) is 0 Å². The van der Waals surface area contributed by atoms with Gasteiger partial charge in [-0.1, -0.05) is 121 Å². The molecule has 0 bridgehead atoms. The van der Waals surface area contributed by atoms with Crippen LogP contribution in [0, 0.1) is 0 Å². The molecule has 1 amide bonds. The van der Waals surface area contributed by atoms with Crippen molar-refractivity contribution in [3.05, 3.63) is 144 Å². The second-order valence-corrected chi connectivity index (χ2v) is 7.06. The smallest absolute Gasteiger partial charge is 0.225 e. The fourth-order valence-corrected chi connectivity index (χ4v) is 3.82. The van der Waals surface area contributed by atoms with Crippen molar-refractivity contribution in [2.75, 3.05) is 0 Å². The van der Waals surface area contributed by atoms with E-state index < -0.39 is 5.54 Å². The number of amides is 1. The molecular formula is C27H23NO. The van der Waals surface area contributed by atoms with Gasteiger partial charge in [0.05, 0.1) is 6.42 Å². The number of carbonyl (C=O) groups excluding carboxylic acids is 1. The number of carbonyl (C=O) groups is 1. The maximum atomic E-state index is 13.2. The highest BCUT2D eigenvalue weighted by molar-refractivity contribution is 5.81. The summed E-state index contributed by atoms with van der Waals surface area (Å²) >= 11 is 0. The number of nitrogens with one attached hydrogen (secondary N) is 1. The average molecular weight is 377 g/mol. The van der Waals surface area contributed by atoms with E-state index in [1.54, 1.807) is 0 Å². The second-order valence-electron chi connectivity index (χ2n) is 7.06.